The van der Waals surface area contributed by atoms with Gasteiger partial charge < -0.3 is 19.7 Å². The molecule has 1 unspecified atom stereocenters. The van der Waals surface area contributed by atoms with Crippen molar-refractivity contribution < 1.29 is 9.47 Å². The quantitative estimate of drug-likeness (QED) is 0.856. The highest BCUT2D eigenvalue weighted by Gasteiger charge is 2.21. The summed E-state index contributed by atoms with van der Waals surface area (Å²) in [6.07, 6.45) is 2.80. The molecule has 1 aromatic rings. The molecular weight excluding hydrogens is 252 g/mol. The molecule has 1 saturated carbocycles. The minimum Gasteiger partial charge on any atom is -0.490 e. The molecule has 1 heterocycles. The number of nitrogens with zero attached hydrogens (tertiary/aromatic N) is 1. The van der Waals surface area contributed by atoms with E-state index in [1.165, 1.54) is 18.4 Å². The SMILES string of the molecule is CN1CCOC(COc2ccccc2CNC2CC2)C1. The average Bonchev–Trinajstić information content (AvgIpc) is 3.28. The Hall–Kier alpha value is -1.10. The van der Waals surface area contributed by atoms with Crippen molar-refractivity contribution in [2.24, 2.45) is 0 Å². The third kappa shape index (κ3) is 3.95. The second kappa shape index (κ2) is 6.57. The second-order valence-corrected chi connectivity index (χ2v) is 5.83. The molecular formula is C16H24N2O2. The van der Waals surface area contributed by atoms with Crippen LogP contribution in [-0.4, -0.2) is 50.4 Å². The van der Waals surface area contributed by atoms with E-state index in [4.69, 9.17) is 9.47 Å². The lowest BCUT2D eigenvalue weighted by molar-refractivity contribution is -0.0404. The van der Waals surface area contributed by atoms with E-state index in [0.717, 1.165) is 38.0 Å². The first kappa shape index (κ1) is 13.9. The van der Waals surface area contributed by atoms with Gasteiger partial charge in [0.05, 0.1) is 6.61 Å². The van der Waals surface area contributed by atoms with E-state index in [1.54, 1.807) is 0 Å². The van der Waals surface area contributed by atoms with Gasteiger partial charge in [-0.3, -0.25) is 0 Å². The molecule has 0 spiro atoms. The maximum Gasteiger partial charge on any atom is 0.123 e. The molecule has 4 heteroatoms. The fourth-order valence-electron chi connectivity index (χ4n) is 2.48. The lowest BCUT2D eigenvalue weighted by atomic mass is 10.2. The zero-order valence-corrected chi connectivity index (χ0v) is 12.2. The summed E-state index contributed by atoms with van der Waals surface area (Å²) in [5.74, 6) is 0.984. The average molecular weight is 276 g/mol. The van der Waals surface area contributed by atoms with Gasteiger partial charge in [0.2, 0.25) is 0 Å². The van der Waals surface area contributed by atoms with E-state index < -0.39 is 0 Å². The van der Waals surface area contributed by atoms with E-state index >= 15 is 0 Å². The van der Waals surface area contributed by atoms with Crippen LogP contribution in [0.2, 0.25) is 0 Å². The van der Waals surface area contributed by atoms with Crippen LogP contribution in [-0.2, 0) is 11.3 Å². The van der Waals surface area contributed by atoms with Crippen molar-refractivity contribution in [1.29, 1.82) is 0 Å². The molecule has 2 fully saturated rings. The number of para-hydroxylation sites is 1. The summed E-state index contributed by atoms with van der Waals surface area (Å²) in [6.45, 7) is 4.29. The van der Waals surface area contributed by atoms with Crippen LogP contribution in [0.3, 0.4) is 0 Å². The van der Waals surface area contributed by atoms with E-state index in [-0.39, 0.29) is 6.10 Å². The van der Waals surface area contributed by atoms with Crippen LogP contribution < -0.4 is 10.1 Å². The van der Waals surface area contributed by atoms with Crippen LogP contribution in [0.5, 0.6) is 5.75 Å². The first-order valence-corrected chi connectivity index (χ1v) is 7.55. The summed E-state index contributed by atoms with van der Waals surface area (Å²) in [5.41, 5.74) is 1.24. The van der Waals surface area contributed by atoms with Crippen LogP contribution >= 0.6 is 0 Å². The van der Waals surface area contributed by atoms with Crippen LogP contribution in [0.4, 0.5) is 0 Å². The van der Waals surface area contributed by atoms with E-state index in [1.807, 2.05) is 6.07 Å². The minimum atomic E-state index is 0.179. The number of benzene rings is 1. The molecule has 3 rings (SSSR count). The number of morpholine rings is 1. The third-order valence-corrected chi connectivity index (χ3v) is 3.90. The molecule has 0 radical (unpaired) electrons. The van der Waals surface area contributed by atoms with Crippen molar-refractivity contribution in [3.8, 4) is 5.75 Å². The summed E-state index contributed by atoms with van der Waals surface area (Å²) in [7, 11) is 2.13. The van der Waals surface area contributed by atoms with Crippen molar-refractivity contribution in [3.63, 3.8) is 0 Å². The van der Waals surface area contributed by atoms with Crippen LogP contribution in [0.1, 0.15) is 18.4 Å². The zero-order valence-electron chi connectivity index (χ0n) is 12.2. The smallest absolute Gasteiger partial charge is 0.123 e. The number of ether oxygens (including phenoxy) is 2. The number of nitrogens with one attached hydrogen (secondary N) is 1. The summed E-state index contributed by atoms with van der Waals surface area (Å²) >= 11 is 0. The minimum absolute atomic E-state index is 0.179. The van der Waals surface area contributed by atoms with Crippen LogP contribution in [0, 0.1) is 0 Å². The Morgan fingerprint density at radius 1 is 1.35 bits per heavy atom. The number of hydrogen-bond donors (Lipinski definition) is 1. The normalized spacial score (nSPS) is 23.8. The lowest BCUT2D eigenvalue weighted by Gasteiger charge is -2.30. The van der Waals surface area contributed by atoms with Gasteiger partial charge in [-0.1, -0.05) is 18.2 Å². The number of rotatable bonds is 6. The Bertz CT molecular complexity index is 434. The maximum atomic E-state index is 5.99. The van der Waals surface area contributed by atoms with Gasteiger partial charge in [-0.25, -0.2) is 0 Å². The van der Waals surface area contributed by atoms with Crippen LogP contribution in [0.15, 0.2) is 24.3 Å². The maximum absolute atomic E-state index is 5.99. The lowest BCUT2D eigenvalue weighted by Crippen LogP contribution is -2.42. The molecule has 20 heavy (non-hydrogen) atoms. The monoisotopic (exact) mass is 276 g/mol. The molecule has 1 aliphatic heterocycles. The zero-order chi connectivity index (χ0) is 13.8. The van der Waals surface area contributed by atoms with Gasteiger partial charge >= 0.3 is 0 Å². The van der Waals surface area contributed by atoms with Gasteiger partial charge in [0.15, 0.2) is 0 Å². The molecule has 0 bridgehead atoms. The largest absolute Gasteiger partial charge is 0.490 e. The van der Waals surface area contributed by atoms with E-state index in [9.17, 15) is 0 Å². The van der Waals surface area contributed by atoms with Gasteiger partial charge in [-0.05, 0) is 26.0 Å². The van der Waals surface area contributed by atoms with Crippen molar-refractivity contribution in [2.75, 3.05) is 33.4 Å². The van der Waals surface area contributed by atoms with E-state index in [0.29, 0.717) is 6.61 Å². The van der Waals surface area contributed by atoms with Crippen LogP contribution in [0.25, 0.3) is 0 Å². The van der Waals surface area contributed by atoms with Crippen molar-refractivity contribution in [2.45, 2.75) is 31.5 Å². The standard InChI is InChI=1S/C16H24N2O2/c1-18-8-9-19-15(11-18)12-20-16-5-3-2-4-13(16)10-17-14-6-7-14/h2-5,14-15,17H,6-12H2,1H3. The Morgan fingerprint density at radius 2 is 2.20 bits per heavy atom. The van der Waals surface area contributed by atoms with Gasteiger partial charge in [-0.2, -0.15) is 0 Å². The number of likely N-dealkylation sites (N-methyl/N-ethyl adjacent to an activating group) is 1. The van der Waals surface area contributed by atoms with Gasteiger partial charge in [0.1, 0.15) is 18.5 Å². The van der Waals surface area contributed by atoms with Gasteiger partial charge in [0.25, 0.3) is 0 Å². The van der Waals surface area contributed by atoms with Crippen molar-refractivity contribution >= 4 is 0 Å². The molecule has 4 nitrogen and oxygen atoms in total. The van der Waals surface area contributed by atoms with Gasteiger partial charge in [0, 0.05) is 31.2 Å². The first-order valence-electron chi connectivity index (χ1n) is 7.55. The summed E-state index contributed by atoms with van der Waals surface area (Å²) < 4.78 is 11.7. The highest BCUT2D eigenvalue weighted by molar-refractivity contribution is 5.33. The number of hydrogen-bond acceptors (Lipinski definition) is 4. The molecule has 1 N–H and O–H groups in total. The molecule has 1 saturated heterocycles. The topological polar surface area (TPSA) is 33.7 Å². The van der Waals surface area contributed by atoms with E-state index in [2.05, 4.69) is 35.5 Å². The third-order valence-electron chi connectivity index (χ3n) is 3.90. The van der Waals surface area contributed by atoms with Crippen molar-refractivity contribution in [3.05, 3.63) is 29.8 Å². The molecule has 0 aromatic heterocycles. The fraction of sp³-hybridized carbons (Fsp3) is 0.625. The van der Waals surface area contributed by atoms with Crippen molar-refractivity contribution in [1.82, 2.24) is 10.2 Å². The Kier molecular flexibility index (Phi) is 4.55. The summed E-state index contributed by atoms with van der Waals surface area (Å²) in [5, 5.41) is 3.54. The Morgan fingerprint density at radius 3 is 3.00 bits per heavy atom. The predicted molar refractivity (Wildman–Crippen MR) is 79.0 cm³/mol. The van der Waals surface area contributed by atoms with Gasteiger partial charge in [-0.15, -0.1) is 0 Å². The fourth-order valence-corrected chi connectivity index (χ4v) is 2.48. The summed E-state index contributed by atoms with van der Waals surface area (Å²) in [6, 6.07) is 9.01. The molecule has 2 aliphatic rings. The summed E-state index contributed by atoms with van der Waals surface area (Å²) in [4.78, 5) is 2.29. The molecule has 1 aromatic carbocycles. The molecule has 110 valence electrons. The molecule has 0 amide bonds. The highest BCUT2D eigenvalue weighted by Crippen LogP contribution is 2.23. The highest BCUT2D eigenvalue weighted by atomic mass is 16.5. The first-order chi connectivity index (χ1) is 9.81. The molecule has 1 atom stereocenters. The molecule has 1 aliphatic carbocycles. The second-order valence-electron chi connectivity index (χ2n) is 5.83. The Labute approximate surface area is 121 Å². The Balaban J connectivity index is 1.52. The predicted octanol–water partition coefficient (Wildman–Crippen LogP) is 1.65.